The highest BCUT2D eigenvalue weighted by atomic mass is 19.4. The number of nitrogens with zero attached hydrogens (tertiary/aromatic N) is 1. The van der Waals surface area contributed by atoms with Crippen molar-refractivity contribution in [3.8, 4) is 0 Å². The first-order valence-corrected chi connectivity index (χ1v) is 4.90. The number of alkyl halides is 3. The maximum absolute atomic E-state index is 11.8. The van der Waals surface area contributed by atoms with E-state index < -0.39 is 30.3 Å². The molecule has 0 saturated carbocycles. The fourth-order valence-electron chi connectivity index (χ4n) is 0.889. The zero-order valence-corrected chi connectivity index (χ0v) is 9.64. The van der Waals surface area contributed by atoms with Gasteiger partial charge in [0, 0.05) is 18.4 Å². The third-order valence-corrected chi connectivity index (χ3v) is 2.16. The Morgan fingerprint density at radius 1 is 1.41 bits per heavy atom. The van der Waals surface area contributed by atoms with Crippen LogP contribution in [0.1, 0.15) is 26.7 Å². The van der Waals surface area contributed by atoms with Crippen LogP contribution >= 0.6 is 0 Å². The van der Waals surface area contributed by atoms with E-state index in [9.17, 15) is 18.0 Å². The maximum Gasteiger partial charge on any atom is 0.389 e. The number of hydrogen-bond donors (Lipinski definition) is 3. The number of nitrogens with one attached hydrogen (secondary N) is 1. The van der Waals surface area contributed by atoms with Crippen molar-refractivity contribution in [2.45, 2.75) is 32.9 Å². The number of amides is 1. The highest BCUT2D eigenvalue weighted by molar-refractivity contribution is 5.86. The first kappa shape index (κ1) is 15.5. The van der Waals surface area contributed by atoms with Crippen LogP contribution in [0.2, 0.25) is 0 Å². The van der Waals surface area contributed by atoms with Crippen molar-refractivity contribution >= 4 is 11.7 Å². The third-order valence-electron chi connectivity index (χ3n) is 2.16. The maximum atomic E-state index is 11.8. The average molecular weight is 255 g/mol. The summed E-state index contributed by atoms with van der Waals surface area (Å²) in [5.74, 6) is -0.824. The van der Waals surface area contributed by atoms with Crippen LogP contribution in [-0.4, -0.2) is 29.7 Å². The van der Waals surface area contributed by atoms with Crippen LogP contribution in [0.3, 0.4) is 0 Å². The predicted octanol–water partition coefficient (Wildman–Crippen LogP) is 1.22. The normalized spacial score (nSPS) is 13.6. The van der Waals surface area contributed by atoms with E-state index in [2.05, 4.69) is 10.5 Å². The van der Waals surface area contributed by atoms with Crippen LogP contribution in [0.15, 0.2) is 5.16 Å². The van der Waals surface area contributed by atoms with Crippen LogP contribution < -0.4 is 11.1 Å². The molecular formula is C9H16F3N3O2. The van der Waals surface area contributed by atoms with Gasteiger partial charge in [0.25, 0.3) is 0 Å². The Balaban J connectivity index is 4.09. The Morgan fingerprint density at radius 3 is 2.35 bits per heavy atom. The summed E-state index contributed by atoms with van der Waals surface area (Å²) in [5.41, 5.74) is 4.53. The van der Waals surface area contributed by atoms with E-state index in [-0.39, 0.29) is 12.4 Å². The molecule has 0 aromatic heterocycles. The molecule has 0 atom stereocenters. The summed E-state index contributed by atoms with van der Waals surface area (Å²) in [6.07, 6.45) is -6.14. The molecule has 100 valence electrons. The quantitative estimate of drug-likeness (QED) is 0.299. The lowest BCUT2D eigenvalue weighted by Gasteiger charge is -2.23. The van der Waals surface area contributed by atoms with E-state index in [1.165, 1.54) is 0 Å². The van der Waals surface area contributed by atoms with Gasteiger partial charge in [-0.2, -0.15) is 13.2 Å². The number of oxime groups is 1. The first-order chi connectivity index (χ1) is 7.58. The molecule has 17 heavy (non-hydrogen) atoms. The molecule has 0 radical (unpaired) electrons. The van der Waals surface area contributed by atoms with E-state index in [1.54, 1.807) is 13.8 Å². The van der Waals surface area contributed by atoms with Crippen molar-refractivity contribution in [2.24, 2.45) is 16.3 Å². The molecule has 0 aliphatic heterocycles. The Hall–Kier alpha value is -1.47. The number of nitrogens with two attached hydrogens (primary N) is 1. The number of carbonyl (C=O) groups is 1. The largest absolute Gasteiger partial charge is 0.409 e. The van der Waals surface area contributed by atoms with Gasteiger partial charge in [-0.25, -0.2) is 0 Å². The average Bonchev–Trinajstić information content (AvgIpc) is 2.21. The Labute approximate surface area is 96.9 Å². The number of rotatable bonds is 5. The molecule has 0 rings (SSSR count). The van der Waals surface area contributed by atoms with Crippen LogP contribution in [0.5, 0.6) is 0 Å². The van der Waals surface area contributed by atoms with E-state index in [1.807, 2.05) is 0 Å². The number of halogens is 3. The molecule has 0 bridgehead atoms. The summed E-state index contributed by atoms with van der Waals surface area (Å²) in [6, 6.07) is 0. The second-order valence-corrected chi connectivity index (χ2v) is 4.26. The lowest BCUT2D eigenvalue weighted by atomic mass is 9.92. The summed E-state index contributed by atoms with van der Waals surface area (Å²) >= 11 is 0. The Morgan fingerprint density at radius 2 is 1.94 bits per heavy atom. The van der Waals surface area contributed by atoms with E-state index in [4.69, 9.17) is 10.9 Å². The van der Waals surface area contributed by atoms with Gasteiger partial charge in [0.2, 0.25) is 5.91 Å². The number of carbonyl (C=O) groups excluding carboxylic acids is 1. The minimum absolute atomic E-state index is 0.000413. The standard InChI is InChI=1S/C9H16F3N3O2/c1-8(2,7(13)15-17)5-14-6(16)3-4-9(10,11)12/h17H,3-5H2,1-2H3,(H2,13,15)(H,14,16). The Bertz CT molecular complexity index is 300. The second-order valence-electron chi connectivity index (χ2n) is 4.26. The predicted molar refractivity (Wildman–Crippen MR) is 55.5 cm³/mol. The zero-order chi connectivity index (χ0) is 13.7. The molecular weight excluding hydrogens is 239 g/mol. The zero-order valence-electron chi connectivity index (χ0n) is 9.64. The van der Waals surface area contributed by atoms with E-state index in [0.29, 0.717) is 0 Å². The monoisotopic (exact) mass is 255 g/mol. The molecule has 4 N–H and O–H groups in total. The van der Waals surface area contributed by atoms with Gasteiger partial charge in [-0.15, -0.1) is 0 Å². The van der Waals surface area contributed by atoms with Gasteiger partial charge in [-0.1, -0.05) is 19.0 Å². The first-order valence-electron chi connectivity index (χ1n) is 4.90. The van der Waals surface area contributed by atoms with Gasteiger partial charge >= 0.3 is 6.18 Å². The van der Waals surface area contributed by atoms with Crippen molar-refractivity contribution < 1.29 is 23.2 Å². The lowest BCUT2D eigenvalue weighted by molar-refractivity contribution is -0.144. The van der Waals surface area contributed by atoms with Crippen molar-refractivity contribution in [3.05, 3.63) is 0 Å². The van der Waals surface area contributed by atoms with Crippen LogP contribution in [0.4, 0.5) is 13.2 Å². The summed E-state index contributed by atoms with van der Waals surface area (Å²) in [7, 11) is 0. The fraction of sp³-hybridized carbons (Fsp3) is 0.778. The highest BCUT2D eigenvalue weighted by Gasteiger charge is 2.29. The molecule has 8 heteroatoms. The van der Waals surface area contributed by atoms with Crippen molar-refractivity contribution in [1.29, 1.82) is 0 Å². The van der Waals surface area contributed by atoms with Crippen LogP contribution in [0, 0.1) is 5.41 Å². The summed E-state index contributed by atoms with van der Waals surface area (Å²) < 4.78 is 35.5. The van der Waals surface area contributed by atoms with Gasteiger partial charge in [0.05, 0.1) is 6.42 Å². The SMILES string of the molecule is CC(C)(CNC(=O)CCC(F)(F)F)C(N)=NO. The topological polar surface area (TPSA) is 87.7 Å². The molecule has 0 saturated heterocycles. The number of hydrogen-bond acceptors (Lipinski definition) is 3. The summed E-state index contributed by atoms with van der Waals surface area (Å²) in [6.45, 7) is 3.18. The minimum atomic E-state index is -4.35. The smallest absolute Gasteiger partial charge is 0.389 e. The highest BCUT2D eigenvalue weighted by Crippen LogP contribution is 2.21. The molecule has 5 nitrogen and oxygen atoms in total. The summed E-state index contributed by atoms with van der Waals surface area (Å²) in [5, 5.41) is 13.5. The van der Waals surface area contributed by atoms with Gasteiger partial charge in [0.15, 0.2) is 0 Å². The molecule has 0 aromatic rings. The van der Waals surface area contributed by atoms with Crippen molar-refractivity contribution in [1.82, 2.24) is 5.32 Å². The van der Waals surface area contributed by atoms with E-state index >= 15 is 0 Å². The molecule has 0 aromatic carbocycles. The van der Waals surface area contributed by atoms with Crippen LogP contribution in [-0.2, 0) is 4.79 Å². The molecule has 0 unspecified atom stereocenters. The molecule has 1 amide bonds. The number of amidine groups is 1. The minimum Gasteiger partial charge on any atom is -0.409 e. The third kappa shape index (κ3) is 6.64. The van der Waals surface area contributed by atoms with Gasteiger partial charge in [-0.3, -0.25) is 4.79 Å². The Kier molecular flexibility index (Phi) is 5.24. The van der Waals surface area contributed by atoms with Crippen LogP contribution in [0.25, 0.3) is 0 Å². The molecule has 0 fully saturated rings. The van der Waals surface area contributed by atoms with Gasteiger partial charge in [0.1, 0.15) is 5.84 Å². The molecule has 0 aliphatic carbocycles. The van der Waals surface area contributed by atoms with E-state index in [0.717, 1.165) is 0 Å². The van der Waals surface area contributed by atoms with Crippen molar-refractivity contribution in [2.75, 3.05) is 6.54 Å². The molecule has 0 aliphatic rings. The molecule has 0 heterocycles. The van der Waals surface area contributed by atoms with Gasteiger partial charge < -0.3 is 16.3 Å². The van der Waals surface area contributed by atoms with Crippen molar-refractivity contribution in [3.63, 3.8) is 0 Å². The fourth-order valence-corrected chi connectivity index (χ4v) is 0.889. The second kappa shape index (κ2) is 5.74. The molecule has 0 spiro atoms. The summed E-state index contributed by atoms with van der Waals surface area (Å²) in [4.78, 5) is 11.1. The lowest BCUT2D eigenvalue weighted by Crippen LogP contribution is -2.42. The van der Waals surface area contributed by atoms with Gasteiger partial charge in [-0.05, 0) is 0 Å².